The van der Waals surface area contributed by atoms with Gasteiger partial charge in [-0.1, -0.05) is 30.0 Å². The number of imidazole rings is 1. The SMILES string of the molecule is CC(Sc1nccn1-c1cccc(F)c1)C(=O)Nc1ccccc1C(F)(F)F. The van der Waals surface area contributed by atoms with Gasteiger partial charge in [0.05, 0.1) is 22.2 Å². The molecule has 0 fully saturated rings. The van der Waals surface area contributed by atoms with Crippen molar-refractivity contribution in [3.63, 3.8) is 0 Å². The molecule has 1 amide bonds. The average Bonchev–Trinajstić information content (AvgIpc) is 3.09. The van der Waals surface area contributed by atoms with E-state index in [0.717, 1.165) is 17.8 Å². The Balaban J connectivity index is 1.76. The Hall–Kier alpha value is -2.81. The van der Waals surface area contributed by atoms with Crippen molar-refractivity contribution in [2.75, 3.05) is 5.32 Å². The Kier molecular flexibility index (Phi) is 5.73. The number of amides is 1. The van der Waals surface area contributed by atoms with E-state index in [4.69, 9.17) is 0 Å². The fourth-order valence-electron chi connectivity index (χ4n) is 2.48. The van der Waals surface area contributed by atoms with E-state index < -0.39 is 28.7 Å². The number of para-hydroxylation sites is 1. The number of nitrogens with one attached hydrogen (secondary N) is 1. The molecule has 1 heterocycles. The molecular weight excluding hydrogens is 394 g/mol. The Labute approximate surface area is 162 Å². The quantitative estimate of drug-likeness (QED) is 0.468. The molecule has 4 nitrogen and oxygen atoms in total. The van der Waals surface area contributed by atoms with Crippen LogP contribution in [0, 0.1) is 5.82 Å². The summed E-state index contributed by atoms with van der Waals surface area (Å²) in [4.78, 5) is 16.6. The van der Waals surface area contributed by atoms with Gasteiger partial charge in [0.25, 0.3) is 0 Å². The van der Waals surface area contributed by atoms with Crippen LogP contribution in [0.25, 0.3) is 5.69 Å². The van der Waals surface area contributed by atoms with Gasteiger partial charge in [-0.15, -0.1) is 0 Å². The van der Waals surface area contributed by atoms with Crippen LogP contribution in [0.15, 0.2) is 66.1 Å². The van der Waals surface area contributed by atoms with Gasteiger partial charge >= 0.3 is 6.18 Å². The van der Waals surface area contributed by atoms with Crippen molar-refractivity contribution in [1.82, 2.24) is 9.55 Å². The summed E-state index contributed by atoms with van der Waals surface area (Å²) in [5.74, 6) is -1.02. The minimum absolute atomic E-state index is 0.305. The standard InChI is InChI=1S/C19H15F4N3OS/c1-12(17(27)25-16-8-3-2-7-15(16)19(21,22)23)28-18-24-9-10-26(18)14-6-4-5-13(20)11-14/h2-12H,1H3,(H,25,27). The highest BCUT2D eigenvalue weighted by Crippen LogP contribution is 2.35. The van der Waals surface area contributed by atoms with E-state index in [1.54, 1.807) is 29.8 Å². The maximum Gasteiger partial charge on any atom is 0.418 e. The van der Waals surface area contributed by atoms with Crippen LogP contribution in [0.3, 0.4) is 0 Å². The predicted octanol–water partition coefficient (Wildman–Crippen LogP) is 5.15. The predicted molar refractivity (Wildman–Crippen MR) is 98.9 cm³/mol. The largest absolute Gasteiger partial charge is 0.418 e. The molecule has 0 radical (unpaired) electrons. The van der Waals surface area contributed by atoms with Crippen molar-refractivity contribution in [1.29, 1.82) is 0 Å². The number of aromatic nitrogens is 2. The Morgan fingerprint density at radius 1 is 1.18 bits per heavy atom. The van der Waals surface area contributed by atoms with Gasteiger partial charge in [0.1, 0.15) is 5.82 Å². The number of carbonyl (C=O) groups excluding carboxylic acids is 1. The molecule has 0 saturated heterocycles. The van der Waals surface area contributed by atoms with Crippen molar-refractivity contribution in [2.24, 2.45) is 0 Å². The number of benzene rings is 2. The molecule has 0 bridgehead atoms. The first-order valence-corrected chi connectivity index (χ1v) is 9.06. The molecule has 1 aromatic heterocycles. The van der Waals surface area contributed by atoms with Crippen molar-refractivity contribution in [3.8, 4) is 5.69 Å². The fraction of sp³-hybridized carbons (Fsp3) is 0.158. The van der Waals surface area contributed by atoms with Crippen molar-refractivity contribution in [3.05, 3.63) is 72.3 Å². The van der Waals surface area contributed by atoms with Gasteiger partial charge in [-0.05, 0) is 37.3 Å². The highest BCUT2D eigenvalue weighted by molar-refractivity contribution is 8.00. The lowest BCUT2D eigenvalue weighted by atomic mass is 10.1. The molecule has 2 aromatic carbocycles. The number of rotatable bonds is 5. The molecule has 28 heavy (non-hydrogen) atoms. The molecule has 1 N–H and O–H groups in total. The van der Waals surface area contributed by atoms with Crippen LogP contribution in [0.2, 0.25) is 0 Å². The lowest BCUT2D eigenvalue weighted by Crippen LogP contribution is -2.24. The molecule has 9 heteroatoms. The van der Waals surface area contributed by atoms with Crippen LogP contribution < -0.4 is 5.32 Å². The number of thioether (sulfide) groups is 1. The normalized spacial score (nSPS) is 12.6. The van der Waals surface area contributed by atoms with E-state index in [9.17, 15) is 22.4 Å². The van der Waals surface area contributed by atoms with Crippen LogP contribution in [0.4, 0.5) is 23.2 Å². The smallest absolute Gasteiger partial charge is 0.325 e. The zero-order valence-corrected chi connectivity index (χ0v) is 15.4. The number of halogens is 4. The highest BCUT2D eigenvalue weighted by Gasteiger charge is 2.34. The zero-order chi connectivity index (χ0) is 20.3. The van der Waals surface area contributed by atoms with Gasteiger partial charge in [-0.3, -0.25) is 9.36 Å². The summed E-state index contributed by atoms with van der Waals surface area (Å²) >= 11 is 1.05. The van der Waals surface area contributed by atoms with Crippen LogP contribution in [-0.4, -0.2) is 20.7 Å². The Morgan fingerprint density at radius 3 is 2.64 bits per heavy atom. The number of hydrogen-bond acceptors (Lipinski definition) is 3. The third kappa shape index (κ3) is 4.53. The molecular formula is C19H15F4N3OS. The molecule has 0 aliphatic rings. The molecule has 0 aliphatic carbocycles. The van der Waals surface area contributed by atoms with Crippen LogP contribution in [0.5, 0.6) is 0 Å². The molecule has 0 aliphatic heterocycles. The maximum absolute atomic E-state index is 13.5. The molecule has 1 unspecified atom stereocenters. The van der Waals surface area contributed by atoms with Crippen LogP contribution in [0.1, 0.15) is 12.5 Å². The summed E-state index contributed by atoms with van der Waals surface area (Å²) < 4.78 is 54.3. The first kappa shape index (κ1) is 19.9. The number of hydrogen-bond donors (Lipinski definition) is 1. The van der Waals surface area contributed by atoms with Crippen molar-refractivity contribution >= 4 is 23.4 Å². The number of alkyl halides is 3. The van der Waals surface area contributed by atoms with Crippen LogP contribution in [-0.2, 0) is 11.0 Å². The lowest BCUT2D eigenvalue weighted by molar-refractivity contribution is -0.137. The third-order valence-corrected chi connectivity index (χ3v) is 4.92. The minimum atomic E-state index is -4.58. The Bertz CT molecular complexity index is 987. The second-order valence-corrected chi connectivity index (χ2v) is 7.16. The minimum Gasteiger partial charge on any atom is -0.325 e. The first-order valence-electron chi connectivity index (χ1n) is 8.19. The van der Waals surface area contributed by atoms with Gasteiger partial charge in [0, 0.05) is 12.4 Å². The second kappa shape index (κ2) is 8.05. The molecule has 146 valence electrons. The zero-order valence-electron chi connectivity index (χ0n) is 14.6. The van der Waals surface area contributed by atoms with E-state index >= 15 is 0 Å². The van der Waals surface area contributed by atoms with Gasteiger partial charge in [0.15, 0.2) is 5.16 Å². The van der Waals surface area contributed by atoms with Gasteiger partial charge in [-0.25, -0.2) is 9.37 Å². The summed E-state index contributed by atoms with van der Waals surface area (Å²) in [7, 11) is 0. The third-order valence-electron chi connectivity index (χ3n) is 3.83. The molecule has 3 rings (SSSR count). The lowest BCUT2D eigenvalue weighted by Gasteiger charge is -2.16. The molecule has 3 aromatic rings. The van der Waals surface area contributed by atoms with Crippen molar-refractivity contribution < 1.29 is 22.4 Å². The topological polar surface area (TPSA) is 46.9 Å². The number of carbonyl (C=O) groups is 1. The Morgan fingerprint density at radius 2 is 1.93 bits per heavy atom. The number of anilines is 1. The van der Waals surface area contributed by atoms with Crippen LogP contribution >= 0.6 is 11.8 Å². The fourth-order valence-corrected chi connectivity index (χ4v) is 3.37. The molecule has 0 spiro atoms. The van der Waals surface area contributed by atoms with Gasteiger partial charge < -0.3 is 5.32 Å². The molecule has 1 atom stereocenters. The summed E-state index contributed by atoms with van der Waals surface area (Å²) in [6.07, 6.45) is -1.47. The van der Waals surface area contributed by atoms with E-state index in [-0.39, 0.29) is 5.69 Å². The second-order valence-electron chi connectivity index (χ2n) is 5.85. The monoisotopic (exact) mass is 409 g/mol. The maximum atomic E-state index is 13.5. The highest BCUT2D eigenvalue weighted by atomic mass is 32.2. The molecule has 0 saturated carbocycles. The summed E-state index contributed by atoms with van der Waals surface area (Å²) in [5.41, 5.74) is -0.697. The van der Waals surface area contributed by atoms with Crippen molar-refractivity contribution in [2.45, 2.75) is 23.5 Å². The summed E-state index contributed by atoms with van der Waals surface area (Å²) in [5, 5.41) is 2.00. The first-order chi connectivity index (χ1) is 13.3. The summed E-state index contributed by atoms with van der Waals surface area (Å²) in [6, 6.07) is 10.6. The van der Waals surface area contributed by atoms with E-state index in [2.05, 4.69) is 10.3 Å². The number of nitrogens with zero attached hydrogens (tertiary/aromatic N) is 2. The van der Waals surface area contributed by atoms with E-state index in [1.807, 2.05) is 0 Å². The van der Waals surface area contributed by atoms with Gasteiger partial charge in [-0.2, -0.15) is 13.2 Å². The summed E-state index contributed by atoms with van der Waals surface area (Å²) in [6.45, 7) is 1.56. The average molecular weight is 409 g/mol. The van der Waals surface area contributed by atoms with E-state index in [1.165, 1.54) is 36.5 Å². The van der Waals surface area contributed by atoms with E-state index in [0.29, 0.717) is 10.8 Å². The van der Waals surface area contributed by atoms with Gasteiger partial charge in [0.2, 0.25) is 5.91 Å².